The largest absolute Gasteiger partial charge is 0.505 e. The number of nitrogens with one attached hydrogen (secondary N) is 1. The maximum Gasteiger partial charge on any atom is 0.296 e. The number of carbonyl (C=O) groups is 1. The van der Waals surface area contributed by atoms with E-state index in [-0.39, 0.29) is 27.5 Å². The molecule has 0 saturated carbocycles. The monoisotopic (exact) mass is 573 g/mol. The molecule has 0 aliphatic carbocycles. The molecule has 0 aromatic heterocycles. The van der Waals surface area contributed by atoms with Crippen molar-refractivity contribution in [2.24, 2.45) is 10.2 Å². The fourth-order valence-electron chi connectivity index (χ4n) is 3.76. The van der Waals surface area contributed by atoms with Crippen LogP contribution >= 0.6 is 23.2 Å². The van der Waals surface area contributed by atoms with E-state index in [4.69, 9.17) is 27.9 Å². The number of anilines is 1. The zero-order chi connectivity index (χ0) is 27.6. The van der Waals surface area contributed by atoms with Gasteiger partial charge in [0.25, 0.3) is 16.0 Å². The normalized spacial score (nSPS) is 11.7. The number of amides is 1. The minimum absolute atomic E-state index is 0.0880. The summed E-state index contributed by atoms with van der Waals surface area (Å²) >= 11 is 12.3. The summed E-state index contributed by atoms with van der Waals surface area (Å²) in [6.45, 7) is 3.72. The van der Waals surface area contributed by atoms with Crippen molar-refractivity contribution in [3.63, 3.8) is 0 Å². The highest BCUT2D eigenvalue weighted by Crippen LogP contribution is 2.41. The van der Waals surface area contributed by atoms with Crippen LogP contribution in [0.4, 0.5) is 17.1 Å². The molecule has 4 aromatic rings. The number of halogens is 2. The van der Waals surface area contributed by atoms with Crippen molar-refractivity contribution in [2.75, 3.05) is 11.9 Å². The average molecular weight is 574 g/mol. The summed E-state index contributed by atoms with van der Waals surface area (Å²) < 4.78 is 38.9. The van der Waals surface area contributed by atoms with Crippen LogP contribution in [0.15, 0.2) is 75.8 Å². The van der Waals surface area contributed by atoms with Crippen LogP contribution in [0, 0.1) is 6.92 Å². The van der Waals surface area contributed by atoms with Gasteiger partial charge < -0.3 is 15.2 Å². The van der Waals surface area contributed by atoms with E-state index in [1.54, 1.807) is 36.4 Å². The van der Waals surface area contributed by atoms with Gasteiger partial charge in [0, 0.05) is 27.2 Å². The Balaban J connectivity index is 1.83. The van der Waals surface area contributed by atoms with Gasteiger partial charge in [0.05, 0.1) is 12.2 Å². The summed E-state index contributed by atoms with van der Waals surface area (Å²) in [7, 11) is -4.66. The Labute approximate surface area is 228 Å². The lowest BCUT2D eigenvalue weighted by Crippen LogP contribution is -2.12. The van der Waals surface area contributed by atoms with Gasteiger partial charge in [-0.15, -0.1) is 10.2 Å². The zero-order valence-corrected chi connectivity index (χ0v) is 22.4. The van der Waals surface area contributed by atoms with E-state index in [0.717, 1.165) is 6.07 Å². The summed E-state index contributed by atoms with van der Waals surface area (Å²) in [5, 5.41) is 23.4. The summed E-state index contributed by atoms with van der Waals surface area (Å²) in [4.78, 5) is 12.7. The van der Waals surface area contributed by atoms with Crippen LogP contribution in [-0.4, -0.2) is 30.6 Å². The molecule has 9 nitrogen and oxygen atoms in total. The molecule has 0 radical (unpaired) electrons. The van der Waals surface area contributed by atoms with Gasteiger partial charge in [-0.3, -0.25) is 9.35 Å². The molecule has 0 atom stereocenters. The molecule has 196 valence electrons. The van der Waals surface area contributed by atoms with Gasteiger partial charge in [-0.1, -0.05) is 47.5 Å². The predicted molar refractivity (Wildman–Crippen MR) is 146 cm³/mol. The molecule has 0 fully saturated rings. The molecule has 1 amide bonds. The molecule has 4 rings (SSSR count). The van der Waals surface area contributed by atoms with Crippen LogP contribution in [0.5, 0.6) is 11.5 Å². The lowest BCUT2D eigenvalue weighted by Gasteiger charge is -2.13. The fourth-order valence-corrected chi connectivity index (χ4v) is 4.81. The second kappa shape index (κ2) is 11.0. The van der Waals surface area contributed by atoms with E-state index in [9.17, 15) is 22.9 Å². The Morgan fingerprint density at radius 2 is 1.74 bits per heavy atom. The van der Waals surface area contributed by atoms with Gasteiger partial charge in [-0.2, -0.15) is 8.42 Å². The Bertz CT molecular complexity index is 1710. The predicted octanol–water partition coefficient (Wildman–Crippen LogP) is 7.47. The molecular formula is C26H21Cl2N3O6S. The summed E-state index contributed by atoms with van der Waals surface area (Å²) in [6, 6.07) is 15.4. The molecule has 12 heteroatoms. The number of rotatable bonds is 7. The lowest BCUT2D eigenvalue weighted by atomic mass is 10.0. The molecule has 0 aliphatic heterocycles. The second-order valence-electron chi connectivity index (χ2n) is 8.10. The molecule has 0 unspecified atom stereocenters. The van der Waals surface area contributed by atoms with Crippen LogP contribution < -0.4 is 10.1 Å². The minimum Gasteiger partial charge on any atom is -0.505 e. The number of benzene rings is 4. The van der Waals surface area contributed by atoms with Gasteiger partial charge in [-0.05, 0) is 55.1 Å². The molecule has 0 spiro atoms. The Morgan fingerprint density at radius 3 is 2.45 bits per heavy atom. The van der Waals surface area contributed by atoms with Gasteiger partial charge in [0.2, 0.25) is 0 Å². The van der Waals surface area contributed by atoms with Crippen molar-refractivity contribution in [3.05, 3.63) is 81.8 Å². The number of hydrogen-bond donors (Lipinski definition) is 3. The lowest BCUT2D eigenvalue weighted by molar-refractivity contribution is 0.102. The van der Waals surface area contributed by atoms with E-state index in [1.807, 2.05) is 6.92 Å². The van der Waals surface area contributed by atoms with E-state index in [0.29, 0.717) is 33.8 Å². The van der Waals surface area contributed by atoms with Crippen LogP contribution in [-0.2, 0) is 10.1 Å². The van der Waals surface area contributed by atoms with Crippen LogP contribution in [0.1, 0.15) is 22.8 Å². The third-order valence-electron chi connectivity index (χ3n) is 5.54. The van der Waals surface area contributed by atoms with Crippen molar-refractivity contribution in [1.82, 2.24) is 0 Å². The Kier molecular flexibility index (Phi) is 7.89. The first kappa shape index (κ1) is 27.3. The molecular weight excluding hydrogens is 553 g/mol. The summed E-state index contributed by atoms with van der Waals surface area (Å²) in [5.41, 5.74) is 0.174. The number of phenolic OH excluding ortho intramolecular Hbond substituents is 1. The average Bonchev–Trinajstić information content (AvgIpc) is 2.84. The standard InChI is InChI=1S/C26H21Cl2N3O6S/c1-3-37-18-12-16(27)11-17(13-18)29-26(33)20-10-15-6-4-5-7-19(15)24(25(20)32)31-30-23-14(2)21(28)8-9-22(23)38(34,35)36/h4-13,32H,3H2,1-2H3,(H,29,33)(H,34,35,36). The first-order valence-corrected chi connectivity index (χ1v) is 13.4. The highest BCUT2D eigenvalue weighted by atomic mass is 35.5. The molecule has 38 heavy (non-hydrogen) atoms. The van der Waals surface area contributed by atoms with Crippen molar-refractivity contribution in [3.8, 4) is 11.5 Å². The van der Waals surface area contributed by atoms with E-state index in [2.05, 4.69) is 15.5 Å². The third kappa shape index (κ3) is 5.73. The number of phenols is 1. The number of aromatic hydroxyl groups is 1. The maximum atomic E-state index is 13.2. The highest BCUT2D eigenvalue weighted by molar-refractivity contribution is 7.86. The van der Waals surface area contributed by atoms with Crippen LogP contribution in [0.25, 0.3) is 10.8 Å². The van der Waals surface area contributed by atoms with Crippen LogP contribution in [0.3, 0.4) is 0 Å². The van der Waals surface area contributed by atoms with Crippen LogP contribution in [0.2, 0.25) is 10.0 Å². The third-order valence-corrected chi connectivity index (χ3v) is 7.05. The van der Waals surface area contributed by atoms with E-state index in [1.165, 1.54) is 25.1 Å². The Morgan fingerprint density at radius 1 is 1.03 bits per heavy atom. The molecule has 0 bridgehead atoms. The maximum absolute atomic E-state index is 13.2. The Hall–Kier alpha value is -3.70. The number of hydrogen-bond acceptors (Lipinski definition) is 7. The topological polar surface area (TPSA) is 138 Å². The van der Waals surface area contributed by atoms with Crippen molar-refractivity contribution in [2.45, 2.75) is 18.7 Å². The first-order chi connectivity index (χ1) is 18.0. The molecule has 3 N–H and O–H groups in total. The number of fused-ring (bicyclic) bond motifs is 1. The molecule has 0 aliphatic rings. The molecule has 4 aromatic carbocycles. The highest BCUT2D eigenvalue weighted by Gasteiger charge is 2.22. The smallest absolute Gasteiger partial charge is 0.296 e. The van der Waals surface area contributed by atoms with E-state index < -0.39 is 26.7 Å². The minimum atomic E-state index is -4.66. The zero-order valence-electron chi connectivity index (χ0n) is 20.1. The van der Waals surface area contributed by atoms with Crippen molar-refractivity contribution >= 4 is 67.1 Å². The number of ether oxygens (including phenoxy) is 1. The molecule has 0 heterocycles. The summed E-state index contributed by atoms with van der Waals surface area (Å²) in [6.07, 6.45) is 0. The van der Waals surface area contributed by atoms with Gasteiger partial charge in [-0.25, -0.2) is 0 Å². The first-order valence-electron chi connectivity index (χ1n) is 11.2. The van der Waals surface area contributed by atoms with Crippen molar-refractivity contribution < 1.29 is 27.6 Å². The fraction of sp³-hybridized carbons (Fsp3) is 0.115. The summed E-state index contributed by atoms with van der Waals surface area (Å²) in [5.74, 6) is -0.698. The number of carbonyl (C=O) groups excluding carboxylic acids is 1. The number of azo groups is 1. The molecule has 0 saturated heterocycles. The van der Waals surface area contributed by atoms with Crippen molar-refractivity contribution in [1.29, 1.82) is 0 Å². The van der Waals surface area contributed by atoms with Gasteiger partial charge in [0.15, 0.2) is 5.75 Å². The van der Waals surface area contributed by atoms with Gasteiger partial charge >= 0.3 is 0 Å². The van der Waals surface area contributed by atoms with E-state index >= 15 is 0 Å². The SMILES string of the molecule is CCOc1cc(Cl)cc(NC(=O)c2cc3ccccc3c(N=Nc3c(S(=O)(=O)O)ccc(Cl)c3C)c2O)c1. The quantitative estimate of drug-likeness (QED) is 0.155. The van der Waals surface area contributed by atoms with Gasteiger partial charge in [0.1, 0.15) is 22.0 Å². The second-order valence-corrected chi connectivity index (χ2v) is 10.3. The number of nitrogens with zero attached hydrogens (tertiary/aromatic N) is 2.